The van der Waals surface area contributed by atoms with E-state index in [4.69, 9.17) is 4.74 Å². The first-order valence-corrected chi connectivity index (χ1v) is 8.48. The van der Waals surface area contributed by atoms with Crippen molar-refractivity contribution in [2.24, 2.45) is 5.92 Å². The molecule has 0 spiro atoms. The zero-order chi connectivity index (χ0) is 16.1. The Hall–Kier alpha value is -1.51. The summed E-state index contributed by atoms with van der Waals surface area (Å²) in [7, 11) is 0. The summed E-state index contributed by atoms with van der Waals surface area (Å²) < 4.78 is 5.79. The molecule has 0 aliphatic heterocycles. The van der Waals surface area contributed by atoms with E-state index >= 15 is 0 Å². The Bertz CT molecular complexity index is 502. The van der Waals surface area contributed by atoms with E-state index in [-0.39, 0.29) is 12.5 Å². The molecule has 0 unspecified atom stereocenters. The van der Waals surface area contributed by atoms with Crippen LogP contribution in [0.4, 0.5) is 0 Å². The molecular formula is C19H29NO2. The summed E-state index contributed by atoms with van der Waals surface area (Å²) in [5.74, 6) is 2.02. The van der Waals surface area contributed by atoms with Gasteiger partial charge in [-0.25, -0.2) is 0 Å². The molecule has 1 amide bonds. The van der Waals surface area contributed by atoms with Crippen LogP contribution in [0.3, 0.4) is 0 Å². The molecular weight excluding hydrogens is 274 g/mol. The lowest BCUT2D eigenvalue weighted by Crippen LogP contribution is -2.39. The molecule has 0 aromatic heterocycles. The maximum absolute atomic E-state index is 12.1. The lowest BCUT2D eigenvalue weighted by atomic mass is 9.87. The fourth-order valence-electron chi connectivity index (χ4n) is 3.06. The number of hydrogen-bond acceptors (Lipinski definition) is 2. The van der Waals surface area contributed by atoms with E-state index in [0.29, 0.717) is 12.0 Å². The molecule has 1 aliphatic rings. The lowest BCUT2D eigenvalue weighted by Gasteiger charge is -2.27. The molecule has 0 saturated heterocycles. The zero-order valence-electron chi connectivity index (χ0n) is 14.3. The second-order valence-corrected chi connectivity index (χ2v) is 7.01. The molecule has 1 fully saturated rings. The molecule has 0 atom stereocenters. The Balaban J connectivity index is 1.87. The molecule has 2 rings (SSSR count). The highest BCUT2D eigenvalue weighted by molar-refractivity contribution is 5.77. The second-order valence-electron chi connectivity index (χ2n) is 7.01. The molecule has 1 saturated carbocycles. The summed E-state index contributed by atoms with van der Waals surface area (Å²) in [6.07, 6.45) is 4.60. The Morgan fingerprint density at radius 1 is 1.27 bits per heavy atom. The van der Waals surface area contributed by atoms with Crippen LogP contribution in [-0.4, -0.2) is 18.6 Å². The fourth-order valence-corrected chi connectivity index (χ4v) is 3.06. The number of benzene rings is 1. The van der Waals surface area contributed by atoms with E-state index in [2.05, 4.69) is 38.2 Å². The molecule has 1 aromatic rings. The van der Waals surface area contributed by atoms with Gasteiger partial charge in [-0.05, 0) is 61.6 Å². The van der Waals surface area contributed by atoms with Gasteiger partial charge in [0, 0.05) is 6.04 Å². The van der Waals surface area contributed by atoms with E-state index in [0.717, 1.165) is 35.6 Å². The number of carbonyl (C=O) groups excluding carboxylic acids is 1. The highest BCUT2D eigenvalue weighted by Gasteiger charge is 2.20. The van der Waals surface area contributed by atoms with Crippen molar-refractivity contribution in [1.82, 2.24) is 5.32 Å². The minimum atomic E-state index is -0.00392. The van der Waals surface area contributed by atoms with Crippen LogP contribution in [0.5, 0.6) is 5.75 Å². The topological polar surface area (TPSA) is 38.3 Å². The van der Waals surface area contributed by atoms with Crippen molar-refractivity contribution in [3.8, 4) is 5.75 Å². The van der Waals surface area contributed by atoms with Gasteiger partial charge in [-0.15, -0.1) is 0 Å². The van der Waals surface area contributed by atoms with Crippen LogP contribution in [0.15, 0.2) is 18.2 Å². The minimum Gasteiger partial charge on any atom is -0.483 e. The second kappa shape index (κ2) is 7.66. The maximum atomic E-state index is 12.1. The van der Waals surface area contributed by atoms with Gasteiger partial charge < -0.3 is 10.1 Å². The van der Waals surface area contributed by atoms with Gasteiger partial charge in [0.1, 0.15) is 5.75 Å². The minimum absolute atomic E-state index is 0.00392. The van der Waals surface area contributed by atoms with Gasteiger partial charge in [-0.2, -0.15) is 0 Å². The summed E-state index contributed by atoms with van der Waals surface area (Å²) in [5, 5.41) is 3.11. The van der Waals surface area contributed by atoms with Crippen molar-refractivity contribution in [3.05, 3.63) is 29.3 Å². The molecule has 3 heteroatoms. The molecule has 122 valence electrons. The van der Waals surface area contributed by atoms with Crippen LogP contribution >= 0.6 is 0 Å². The number of aryl methyl sites for hydroxylation is 1. The first-order chi connectivity index (χ1) is 10.5. The van der Waals surface area contributed by atoms with Crippen molar-refractivity contribution >= 4 is 5.91 Å². The maximum Gasteiger partial charge on any atom is 0.258 e. The van der Waals surface area contributed by atoms with Gasteiger partial charge in [0.2, 0.25) is 0 Å². The van der Waals surface area contributed by atoms with Gasteiger partial charge >= 0.3 is 0 Å². The first-order valence-electron chi connectivity index (χ1n) is 8.48. The number of ether oxygens (including phenoxy) is 1. The van der Waals surface area contributed by atoms with Crippen molar-refractivity contribution in [2.75, 3.05) is 6.61 Å². The SMILES string of the molecule is Cc1ccc(C(C)C)c(OCC(=O)NC2CCC(C)CC2)c1. The van der Waals surface area contributed by atoms with Crippen LogP contribution in [-0.2, 0) is 4.79 Å². The number of nitrogens with one attached hydrogen (secondary N) is 1. The highest BCUT2D eigenvalue weighted by atomic mass is 16.5. The first kappa shape index (κ1) is 16.9. The molecule has 3 nitrogen and oxygen atoms in total. The normalized spacial score (nSPS) is 21.7. The molecule has 22 heavy (non-hydrogen) atoms. The summed E-state index contributed by atoms with van der Waals surface area (Å²) in [6.45, 7) is 8.71. The van der Waals surface area contributed by atoms with Crippen LogP contribution < -0.4 is 10.1 Å². The van der Waals surface area contributed by atoms with Crippen LogP contribution in [0.2, 0.25) is 0 Å². The average molecular weight is 303 g/mol. The quantitative estimate of drug-likeness (QED) is 0.885. The smallest absolute Gasteiger partial charge is 0.258 e. The van der Waals surface area contributed by atoms with Gasteiger partial charge in [-0.1, -0.05) is 32.9 Å². The molecule has 1 N–H and O–H groups in total. The number of carbonyl (C=O) groups is 1. The summed E-state index contributed by atoms with van der Waals surface area (Å²) in [6, 6.07) is 6.53. The van der Waals surface area contributed by atoms with Crippen molar-refractivity contribution in [3.63, 3.8) is 0 Å². The Kier molecular flexibility index (Phi) is 5.87. The van der Waals surface area contributed by atoms with Gasteiger partial charge in [0.25, 0.3) is 5.91 Å². The lowest BCUT2D eigenvalue weighted by molar-refractivity contribution is -0.124. The van der Waals surface area contributed by atoms with E-state index in [1.54, 1.807) is 0 Å². The molecule has 1 aromatic carbocycles. The molecule has 0 radical (unpaired) electrons. The molecule has 0 bridgehead atoms. The Labute approximate surface area is 134 Å². The number of hydrogen-bond donors (Lipinski definition) is 1. The highest BCUT2D eigenvalue weighted by Crippen LogP contribution is 2.27. The summed E-state index contributed by atoms with van der Waals surface area (Å²) >= 11 is 0. The standard InChI is InChI=1S/C19H29NO2/c1-13(2)17-10-7-15(4)11-18(17)22-12-19(21)20-16-8-5-14(3)6-9-16/h7,10-11,13-14,16H,5-6,8-9,12H2,1-4H3,(H,20,21). The number of rotatable bonds is 5. The Morgan fingerprint density at radius 2 is 1.95 bits per heavy atom. The predicted octanol–water partition coefficient (Wildman–Crippen LogP) is 4.19. The van der Waals surface area contributed by atoms with Gasteiger partial charge in [-0.3, -0.25) is 4.79 Å². The summed E-state index contributed by atoms with van der Waals surface area (Å²) in [5.41, 5.74) is 2.31. The van der Waals surface area contributed by atoms with Gasteiger partial charge in [0.15, 0.2) is 6.61 Å². The van der Waals surface area contributed by atoms with E-state index in [1.807, 2.05) is 13.0 Å². The van der Waals surface area contributed by atoms with Crippen molar-refractivity contribution in [1.29, 1.82) is 0 Å². The third kappa shape index (κ3) is 4.75. The summed E-state index contributed by atoms with van der Waals surface area (Å²) in [4.78, 5) is 12.1. The van der Waals surface area contributed by atoms with Gasteiger partial charge in [0.05, 0.1) is 0 Å². The van der Waals surface area contributed by atoms with Crippen LogP contribution in [0, 0.1) is 12.8 Å². The van der Waals surface area contributed by atoms with E-state index < -0.39 is 0 Å². The van der Waals surface area contributed by atoms with Crippen LogP contribution in [0.1, 0.15) is 63.5 Å². The van der Waals surface area contributed by atoms with Crippen molar-refractivity contribution in [2.45, 2.75) is 65.3 Å². The average Bonchev–Trinajstić information content (AvgIpc) is 2.47. The third-order valence-corrected chi connectivity index (χ3v) is 4.53. The predicted molar refractivity (Wildman–Crippen MR) is 90.3 cm³/mol. The van der Waals surface area contributed by atoms with Crippen molar-refractivity contribution < 1.29 is 9.53 Å². The molecule has 1 aliphatic carbocycles. The third-order valence-electron chi connectivity index (χ3n) is 4.53. The zero-order valence-corrected chi connectivity index (χ0v) is 14.3. The number of amides is 1. The monoisotopic (exact) mass is 303 g/mol. The largest absolute Gasteiger partial charge is 0.483 e. The Morgan fingerprint density at radius 3 is 2.59 bits per heavy atom. The van der Waals surface area contributed by atoms with E-state index in [9.17, 15) is 4.79 Å². The fraction of sp³-hybridized carbons (Fsp3) is 0.632. The van der Waals surface area contributed by atoms with E-state index in [1.165, 1.54) is 12.8 Å². The molecule has 0 heterocycles. The van der Waals surface area contributed by atoms with Crippen LogP contribution in [0.25, 0.3) is 0 Å².